The van der Waals surface area contributed by atoms with Crippen molar-refractivity contribution in [1.82, 2.24) is 9.63 Å². The van der Waals surface area contributed by atoms with Gasteiger partial charge in [-0.1, -0.05) is 36.4 Å². The highest BCUT2D eigenvalue weighted by molar-refractivity contribution is 5.89. The Morgan fingerprint density at radius 3 is 2.63 bits per heavy atom. The summed E-state index contributed by atoms with van der Waals surface area (Å²) < 4.78 is 8.07. The fourth-order valence-electron chi connectivity index (χ4n) is 3.76. The first-order valence-electron chi connectivity index (χ1n) is 9.19. The van der Waals surface area contributed by atoms with Gasteiger partial charge in [0.25, 0.3) is 0 Å². The number of aryl methyl sites for hydroxylation is 1. The van der Waals surface area contributed by atoms with E-state index in [1.807, 2.05) is 51.2 Å². The molecule has 1 atom stereocenters. The van der Waals surface area contributed by atoms with Gasteiger partial charge in [0, 0.05) is 24.1 Å². The van der Waals surface area contributed by atoms with E-state index in [9.17, 15) is 4.79 Å². The van der Waals surface area contributed by atoms with E-state index in [1.165, 1.54) is 16.5 Å². The number of aromatic nitrogens is 1. The lowest BCUT2D eigenvalue weighted by molar-refractivity contribution is -0.218. The van der Waals surface area contributed by atoms with Crippen molar-refractivity contribution in [3.63, 3.8) is 0 Å². The fraction of sp³-hybridized carbons (Fsp3) is 0.318. The van der Waals surface area contributed by atoms with Gasteiger partial charge < -0.3 is 14.1 Å². The SMILES string of the molecule is Cn1cc(C[C@@H]2COC(C)(C)N2OC(=O)c2ccccc2)c2ccccc21. The number of ether oxygens (including phenoxy) is 1. The lowest BCUT2D eigenvalue weighted by Gasteiger charge is -2.31. The Hall–Kier alpha value is -2.63. The summed E-state index contributed by atoms with van der Waals surface area (Å²) in [5, 5.41) is 2.93. The molecule has 0 bridgehead atoms. The zero-order valence-electron chi connectivity index (χ0n) is 15.9. The molecule has 0 amide bonds. The maximum atomic E-state index is 12.6. The van der Waals surface area contributed by atoms with Gasteiger partial charge in [-0.25, -0.2) is 4.79 Å². The Balaban J connectivity index is 1.58. The maximum absolute atomic E-state index is 12.6. The van der Waals surface area contributed by atoms with Crippen LogP contribution in [0.3, 0.4) is 0 Å². The van der Waals surface area contributed by atoms with Crippen LogP contribution in [0, 0.1) is 0 Å². The van der Waals surface area contributed by atoms with Crippen molar-refractivity contribution in [2.45, 2.75) is 32.0 Å². The number of benzene rings is 2. The molecule has 0 N–H and O–H groups in total. The highest BCUT2D eigenvalue weighted by Gasteiger charge is 2.44. The van der Waals surface area contributed by atoms with Crippen LogP contribution in [-0.2, 0) is 23.0 Å². The van der Waals surface area contributed by atoms with Gasteiger partial charge >= 0.3 is 5.97 Å². The van der Waals surface area contributed by atoms with Gasteiger partial charge in [-0.2, -0.15) is 0 Å². The first kappa shape index (κ1) is 17.8. The van der Waals surface area contributed by atoms with Crippen LogP contribution in [0.15, 0.2) is 60.8 Å². The van der Waals surface area contributed by atoms with Gasteiger partial charge in [-0.05, 0) is 44.0 Å². The van der Waals surface area contributed by atoms with E-state index < -0.39 is 5.72 Å². The van der Waals surface area contributed by atoms with Gasteiger partial charge in [0.05, 0.1) is 18.2 Å². The molecule has 0 saturated carbocycles. The number of carbonyl (C=O) groups excluding carboxylic acids is 1. The predicted molar refractivity (Wildman–Crippen MR) is 104 cm³/mol. The summed E-state index contributed by atoms with van der Waals surface area (Å²) in [5.41, 5.74) is 2.28. The van der Waals surface area contributed by atoms with E-state index in [2.05, 4.69) is 22.9 Å². The van der Waals surface area contributed by atoms with Crippen LogP contribution in [0.4, 0.5) is 0 Å². The topological polar surface area (TPSA) is 43.7 Å². The fourth-order valence-corrected chi connectivity index (χ4v) is 3.76. The monoisotopic (exact) mass is 364 g/mol. The molecular formula is C22H24N2O3. The molecule has 4 rings (SSSR count). The van der Waals surface area contributed by atoms with Gasteiger partial charge in [0.1, 0.15) is 5.72 Å². The quantitative estimate of drug-likeness (QED) is 0.704. The molecule has 0 unspecified atom stereocenters. The number of carbonyl (C=O) groups is 1. The second-order valence-electron chi connectivity index (χ2n) is 7.47. The summed E-state index contributed by atoms with van der Waals surface area (Å²) in [7, 11) is 2.05. The minimum absolute atomic E-state index is 0.0431. The van der Waals surface area contributed by atoms with Gasteiger partial charge in [0.2, 0.25) is 0 Å². The number of rotatable bonds is 4. The van der Waals surface area contributed by atoms with Crippen molar-refractivity contribution in [3.05, 3.63) is 71.9 Å². The third-order valence-electron chi connectivity index (χ3n) is 5.12. The van der Waals surface area contributed by atoms with Crippen LogP contribution in [0.2, 0.25) is 0 Å². The highest BCUT2D eigenvalue weighted by atomic mass is 16.8. The van der Waals surface area contributed by atoms with E-state index in [1.54, 1.807) is 17.2 Å². The molecule has 5 heteroatoms. The van der Waals surface area contributed by atoms with Crippen LogP contribution in [0.25, 0.3) is 10.9 Å². The van der Waals surface area contributed by atoms with E-state index in [0.29, 0.717) is 12.2 Å². The molecule has 5 nitrogen and oxygen atoms in total. The van der Waals surface area contributed by atoms with Crippen LogP contribution in [0.5, 0.6) is 0 Å². The van der Waals surface area contributed by atoms with Crippen molar-refractivity contribution in [3.8, 4) is 0 Å². The number of fused-ring (bicyclic) bond motifs is 1. The van der Waals surface area contributed by atoms with Gasteiger partial charge in [-0.3, -0.25) is 0 Å². The summed E-state index contributed by atoms with van der Waals surface area (Å²) in [6, 6.07) is 17.3. The van der Waals surface area contributed by atoms with Crippen LogP contribution < -0.4 is 0 Å². The molecule has 1 aromatic heterocycles. The molecule has 0 aliphatic carbocycles. The van der Waals surface area contributed by atoms with E-state index in [-0.39, 0.29) is 12.0 Å². The summed E-state index contributed by atoms with van der Waals surface area (Å²) in [6.07, 6.45) is 2.89. The van der Waals surface area contributed by atoms with Crippen molar-refractivity contribution in [2.75, 3.05) is 6.61 Å². The van der Waals surface area contributed by atoms with Crippen molar-refractivity contribution in [2.24, 2.45) is 7.05 Å². The largest absolute Gasteiger partial charge is 0.361 e. The van der Waals surface area contributed by atoms with E-state index >= 15 is 0 Å². The first-order chi connectivity index (χ1) is 13.0. The Labute approximate surface area is 159 Å². The van der Waals surface area contributed by atoms with Crippen molar-refractivity contribution in [1.29, 1.82) is 0 Å². The van der Waals surface area contributed by atoms with Crippen LogP contribution in [0.1, 0.15) is 29.8 Å². The van der Waals surface area contributed by atoms with Crippen molar-refractivity contribution < 1.29 is 14.4 Å². The third kappa shape index (κ3) is 3.36. The molecule has 1 aliphatic rings. The van der Waals surface area contributed by atoms with E-state index in [4.69, 9.17) is 9.57 Å². The molecule has 140 valence electrons. The third-order valence-corrected chi connectivity index (χ3v) is 5.12. The van der Waals surface area contributed by atoms with Crippen molar-refractivity contribution >= 4 is 16.9 Å². The Morgan fingerprint density at radius 2 is 1.85 bits per heavy atom. The average molecular weight is 364 g/mol. The molecule has 3 aromatic rings. The van der Waals surface area contributed by atoms with Crippen LogP contribution >= 0.6 is 0 Å². The molecule has 0 radical (unpaired) electrons. The molecule has 2 aromatic carbocycles. The number of hydroxylamine groups is 2. The average Bonchev–Trinajstić information content (AvgIpc) is 3.14. The summed E-state index contributed by atoms with van der Waals surface area (Å²) in [6.45, 7) is 4.36. The lowest BCUT2D eigenvalue weighted by Crippen LogP contribution is -2.45. The van der Waals surface area contributed by atoms with E-state index in [0.717, 1.165) is 6.42 Å². The minimum Gasteiger partial charge on any atom is -0.361 e. The Kier molecular flexibility index (Phi) is 4.50. The number of nitrogens with zero attached hydrogens (tertiary/aromatic N) is 2. The number of hydrogen-bond acceptors (Lipinski definition) is 4. The van der Waals surface area contributed by atoms with Crippen LogP contribution in [-0.4, -0.2) is 34.0 Å². The zero-order valence-corrected chi connectivity index (χ0v) is 15.9. The summed E-state index contributed by atoms with van der Waals surface area (Å²) >= 11 is 0. The highest BCUT2D eigenvalue weighted by Crippen LogP contribution is 2.32. The second kappa shape index (κ2) is 6.83. The molecular weight excluding hydrogens is 340 g/mol. The Bertz CT molecular complexity index is 962. The molecule has 1 fully saturated rings. The maximum Gasteiger partial charge on any atom is 0.357 e. The summed E-state index contributed by atoms with van der Waals surface area (Å²) in [5.74, 6) is -0.364. The summed E-state index contributed by atoms with van der Waals surface area (Å²) in [4.78, 5) is 18.4. The molecule has 1 saturated heterocycles. The molecule has 0 spiro atoms. The smallest absolute Gasteiger partial charge is 0.357 e. The molecule has 1 aliphatic heterocycles. The van der Waals surface area contributed by atoms with Gasteiger partial charge in [0.15, 0.2) is 0 Å². The normalized spacial score (nSPS) is 19.4. The lowest BCUT2D eigenvalue weighted by atomic mass is 10.1. The number of para-hydroxylation sites is 1. The minimum atomic E-state index is -0.667. The second-order valence-corrected chi connectivity index (χ2v) is 7.47. The molecule has 2 heterocycles. The standard InChI is InChI=1S/C22H24N2O3/c1-22(2)24(27-21(25)16-9-5-4-6-10-16)18(15-26-22)13-17-14-23(3)20-12-8-7-11-19(17)20/h4-12,14,18H,13,15H2,1-3H3/t18-/m1/s1. The zero-order chi connectivity index (χ0) is 19.0. The van der Waals surface area contributed by atoms with Gasteiger partial charge in [-0.15, -0.1) is 5.06 Å². The Morgan fingerprint density at radius 1 is 1.15 bits per heavy atom. The number of hydrogen-bond donors (Lipinski definition) is 0. The molecule has 27 heavy (non-hydrogen) atoms. The predicted octanol–water partition coefficient (Wildman–Crippen LogP) is 3.93. The first-order valence-corrected chi connectivity index (χ1v) is 9.19.